The van der Waals surface area contributed by atoms with Crippen LogP contribution in [0, 0.1) is 0 Å². The minimum absolute atomic E-state index is 0.0257. The molecule has 2 aromatic carbocycles. The molecule has 0 radical (unpaired) electrons. The van der Waals surface area contributed by atoms with E-state index in [1.807, 2.05) is 77.5 Å². The Balaban J connectivity index is 2.16. The zero-order valence-corrected chi connectivity index (χ0v) is 15.0. The number of ketones is 1. The minimum Gasteiger partial charge on any atom is -0.313 e. The van der Waals surface area contributed by atoms with Gasteiger partial charge in [-0.05, 0) is 19.1 Å². The number of para-hydroxylation sites is 2. The second-order valence-electron chi connectivity index (χ2n) is 5.84. The van der Waals surface area contributed by atoms with Gasteiger partial charge in [0.1, 0.15) is 11.4 Å². The maximum absolute atomic E-state index is 12.9. The van der Waals surface area contributed by atoms with E-state index in [0.29, 0.717) is 5.69 Å². The van der Waals surface area contributed by atoms with Gasteiger partial charge in [-0.1, -0.05) is 58.4 Å². The van der Waals surface area contributed by atoms with Crippen molar-refractivity contribution in [3.63, 3.8) is 0 Å². The molecular formula is C19H16BrN3O. The summed E-state index contributed by atoms with van der Waals surface area (Å²) < 4.78 is 4.00. The molecule has 1 unspecified atom stereocenters. The molecule has 0 aliphatic carbocycles. The summed E-state index contributed by atoms with van der Waals surface area (Å²) >= 11 is 3.43. The van der Waals surface area contributed by atoms with Gasteiger partial charge in [0.05, 0.1) is 15.9 Å². The number of halogens is 1. The van der Waals surface area contributed by atoms with Gasteiger partial charge in [-0.25, -0.2) is 4.98 Å². The fourth-order valence-corrected chi connectivity index (χ4v) is 3.34. The standard InChI is InChI=1S/C19H16BrN3O/c1-12(20)18(24)17-16(13-8-4-3-5-9-13)21-19-22(2)14-10-6-7-11-15(14)23(17)19/h3-12H,1-2H3. The van der Waals surface area contributed by atoms with Crippen molar-refractivity contribution in [2.75, 3.05) is 0 Å². The first-order chi connectivity index (χ1) is 11.6. The van der Waals surface area contributed by atoms with E-state index in [9.17, 15) is 4.79 Å². The van der Waals surface area contributed by atoms with Crippen LogP contribution in [0.5, 0.6) is 0 Å². The lowest BCUT2D eigenvalue weighted by molar-refractivity contribution is 0.0991. The van der Waals surface area contributed by atoms with Gasteiger partial charge in [-0.2, -0.15) is 0 Å². The van der Waals surface area contributed by atoms with Gasteiger partial charge in [-0.3, -0.25) is 9.20 Å². The van der Waals surface area contributed by atoms with Crippen LogP contribution in [0.25, 0.3) is 28.1 Å². The Morgan fingerprint density at radius 3 is 2.33 bits per heavy atom. The molecule has 0 saturated heterocycles. The summed E-state index contributed by atoms with van der Waals surface area (Å²) in [7, 11) is 1.98. The van der Waals surface area contributed by atoms with Crippen LogP contribution in [0.3, 0.4) is 0 Å². The number of fused-ring (bicyclic) bond motifs is 3. The summed E-state index contributed by atoms with van der Waals surface area (Å²) in [5, 5.41) is 0. The maximum atomic E-state index is 12.9. The Morgan fingerprint density at radius 1 is 1.04 bits per heavy atom. The van der Waals surface area contributed by atoms with Gasteiger partial charge in [0, 0.05) is 12.6 Å². The number of rotatable bonds is 3. The zero-order valence-electron chi connectivity index (χ0n) is 13.4. The molecule has 0 saturated carbocycles. The lowest BCUT2D eigenvalue weighted by Crippen LogP contribution is -2.13. The molecule has 4 nitrogen and oxygen atoms in total. The van der Waals surface area contributed by atoms with Crippen LogP contribution >= 0.6 is 15.9 Å². The fraction of sp³-hybridized carbons (Fsp3) is 0.158. The number of imidazole rings is 2. The van der Waals surface area contributed by atoms with Crippen molar-refractivity contribution in [3.05, 3.63) is 60.3 Å². The summed E-state index contributed by atoms with van der Waals surface area (Å²) in [5.41, 5.74) is 4.33. The highest BCUT2D eigenvalue weighted by Crippen LogP contribution is 2.30. The number of carbonyl (C=O) groups excluding carboxylic acids is 1. The number of hydrogen-bond acceptors (Lipinski definition) is 2. The first-order valence-corrected chi connectivity index (χ1v) is 8.70. The smallest absolute Gasteiger partial charge is 0.215 e. The van der Waals surface area contributed by atoms with Gasteiger partial charge in [-0.15, -0.1) is 0 Å². The van der Waals surface area contributed by atoms with Gasteiger partial charge in [0.15, 0.2) is 5.78 Å². The van der Waals surface area contributed by atoms with E-state index < -0.39 is 0 Å². The van der Waals surface area contributed by atoms with E-state index in [2.05, 4.69) is 15.9 Å². The highest BCUT2D eigenvalue weighted by atomic mass is 79.9. The average Bonchev–Trinajstić information content (AvgIpc) is 3.12. The number of alkyl halides is 1. The number of hydrogen-bond donors (Lipinski definition) is 0. The Labute approximate surface area is 147 Å². The van der Waals surface area contributed by atoms with Crippen LogP contribution in [0.1, 0.15) is 17.4 Å². The molecule has 2 heterocycles. The molecule has 0 N–H and O–H groups in total. The number of Topliss-reactive ketones (excluding diaryl/α,β-unsaturated/α-hetero) is 1. The molecule has 0 aliphatic rings. The highest BCUT2D eigenvalue weighted by Gasteiger charge is 2.26. The number of aryl methyl sites for hydroxylation is 1. The molecule has 0 fully saturated rings. The van der Waals surface area contributed by atoms with Crippen molar-refractivity contribution in [1.29, 1.82) is 0 Å². The maximum Gasteiger partial charge on any atom is 0.215 e. The Kier molecular flexibility index (Phi) is 3.53. The topological polar surface area (TPSA) is 39.3 Å². The molecule has 0 spiro atoms. The van der Waals surface area contributed by atoms with E-state index in [0.717, 1.165) is 28.1 Å². The van der Waals surface area contributed by atoms with Crippen molar-refractivity contribution in [2.24, 2.45) is 7.05 Å². The zero-order chi connectivity index (χ0) is 16.8. The van der Waals surface area contributed by atoms with Crippen LogP contribution < -0.4 is 0 Å². The largest absolute Gasteiger partial charge is 0.313 e. The number of aromatic nitrogens is 3. The van der Waals surface area contributed by atoms with E-state index in [1.165, 1.54) is 0 Å². The molecule has 5 heteroatoms. The normalized spacial score (nSPS) is 12.8. The highest BCUT2D eigenvalue weighted by molar-refractivity contribution is 9.10. The third-order valence-electron chi connectivity index (χ3n) is 4.29. The molecule has 4 rings (SSSR count). The van der Waals surface area contributed by atoms with Crippen LogP contribution in [0.4, 0.5) is 0 Å². The van der Waals surface area contributed by atoms with E-state index in [-0.39, 0.29) is 10.6 Å². The van der Waals surface area contributed by atoms with Crippen molar-refractivity contribution in [1.82, 2.24) is 14.0 Å². The quantitative estimate of drug-likeness (QED) is 0.388. The fourth-order valence-electron chi connectivity index (χ4n) is 3.12. The summed E-state index contributed by atoms with van der Waals surface area (Å²) in [6, 6.07) is 17.9. The predicted molar refractivity (Wildman–Crippen MR) is 99.8 cm³/mol. The molecule has 120 valence electrons. The molecule has 0 bridgehead atoms. The second-order valence-corrected chi connectivity index (χ2v) is 7.21. The lowest BCUT2D eigenvalue weighted by atomic mass is 10.1. The number of carbonyl (C=O) groups is 1. The van der Waals surface area contributed by atoms with Crippen molar-refractivity contribution < 1.29 is 4.79 Å². The van der Waals surface area contributed by atoms with E-state index in [4.69, 9.17) is 4.98 Å². The summed E-state index contributed by atoms with van der Waals surface area (Å²) in [5.74, 6) is 0.796. The van der Waals surface area contributed by atoms with Crippen LogP contribution in [0.15, 0.2) is 54.6 Å². The first kappa shape index (κ1) is 15.1. The molecule has 1 atom stereocenters. The molecule has 2 aromatic heterocycles. The van der Waals surface area contributed by atoms with Crippen LogP contribution in [-0.2, 0) is 7.05 Å². The summed E-state index contributed by atoms with van der Waals surface area (Å²) in [6.07, 6.45) is 0. The van der Waals surface area contributed by atoms with Gasteiger partial charge < -0.3 is 4.57 Å². The summed E-state index contributed by atoms with van der Waals surface area (Å²) in [6.45, 7) is 1.85. The van der Waals surface area contributed by atoms with Crippen LogP contribution in [0.2, 0.25) is 0 Å². The average molecular weight is 382 g/mol. The predicted octanol–water partition coefficient (Wildman–Crippen LogP) is 4.46. The molecular weight excluding hydrogens is 366 g/mol. The second kappa shape index (κ2) is 5.60. The Hall–Kier alpha value is -2.40. The number of nitrogens with zero attached hydrogens (tertiary/aromatic N) is 3. The van der Waals surface area contributed by atoms with E-state index in [1.54, 1.807) is 0 Å². The van der Waals surface area contributed by atoms with Gasteiger partial charge >= 0.3 is 0 Å². The molecule has 0 aliphatic heterocycles. The molecule has 24 heavy (non-hydrogen) atoms. The lowest BCUT2D eigenvalue weighted by Gasteiger charge is -2.06. The first-order valence-electron chi connectivity index (χ1n) is 7.79. The van der Waals surface area contributed by atoms with Crippen molar-refractivity contribution in [2.45, 2.75) is 11.8 Å². The third-order valence-corrected chi connectivity index (χ3v) is 4.70. The third kappa shape index (κ3) is 2.12. The Bertz CT molecular complexity index is 1060. The minimum atomic E-state index is -0.279. The van der Waals surface area contributed by atoms with Crippen molar-refractivity contribution >= 4 is 38.5 Å². The van der Waals surface area contributed by atoms with Gasteiger partial charge in [0.25, 0.3) is 0 Å². The molecule has 4 aromatic rings. The van der Waals surface area contributed by atoms with Crippen LogP contribution in [-0.4, -0.2) is 24.6 Å². The van der Waals surface area contributed by atoms with Gasteiger partial charge in [0.2, 0.25) is 5.78 Å². The van der Waals surface area contributed by atoms with E-state index >= 15 is 0 Å². The Morgan fingerprint density at radius 2 is 1.67 bits per heavy atom. The summed E-state index contributed by atoms with van der Waals surface area (Å²) in [4.78, 5) is 17.5. The van der Waals surface area contributed by atoms with Crippen molar-refractivity contribution in [3.8, 4) is 11.3 Å². The monoisotopic (exact) mass is 381 g/mol. The number of benzene rings is 2. The SMILES string of the molecule is CC(Br)C(=O)c1c(-c2ccccc2)nc2n(C)c3ccccc3n12. The molecule has 0 amide bonds.